The third kappa shape index (κ3) is 6.51. The van der Waals surface area contributed by atoms with E-state index in [1.54, 1.807) is 0 Å². The van der Waals surface area contributed by atoms with Crippen molar-refractivity contribution in [3.8, 4) is 11.6 Å². The van der Waals surface area contributed by atoms with E-state index in [9.17, 15) is 0 Å². The fourth-order valence-electron chi connectivity index (χ4n) is 5.51. The third-order valence-corrected chi connectivity index (χ3v) is 7.96. The summed E-state index contributed by atoms with van der Waals surface area (Å²) in [6, 6.07) is 19.8. The van der Waals surface area contributed by atoms with Crippen LogP contribution in [0.2, 0.25) is 5.02 Å². The Bertz CT molecular complexity index is 1200. The molecule has 2 fully saturated rings. The number of rotatable bonds is 7. The van der Waals surface area contributed by atoms with Crippen LogP contribution in [-0.4, -0.2) is 34.7 Å². The minimum atomic E-state index is 0.0462. The van der Waals surface area contributed by atoms with Crippen LogP contribution in [0.1, 0.15) is 51.0 Å². The molecule has 6 nitrogen and oxygen atoms in total. The van der Waals surface area contributed by atoms with E-state index in [-0.39, 0.29) is 5.41 Å². The molecule has 2 aromatic carbocycles. The molecule has 0 amide bonds. The molecule has 0 radical (unpaired) electrons. The van der Waals surface area contributed by atoms with E-state index in [0.717, 1.165) is 55.5 Å². The third-order valence-electron chi connectivity index (χ3n) is 7.47. The summed E-state index contributed by atoms with van der Waals surface area (Å²) in [5, 5.41) is 7.96. The van der Waals surface area contributed by atoms with Gasteiger partial charge in [0, 0.05) is 36.1 Å². The zero-order valence-electron chi connectivity index (χ0n) is 21.3. The number of hydrogen-bond donors (Lipinski definition) is 2. The maximum absolute atomic E-state index is 6.15. The topological polar surface area (TPSA) is 62.3 Å². The summed E-state index contributed by atoms with van der Waals surface area (Å²) in [6.45, 7) is 4.97. The predicted molar refractivity (Wildman–Crippen MR) is 155 cm³/mol. The van der Waals surface area contributed by atoms with Crippen molar-refractivity contribution in [2.75, 3.05) is 29.9 Å². The van der Waals surface area contributed by atoms with Gasteiger partial charge >= 0.3 is 0 Å². The molecule has 3 aromatic rings. The highest BCUT2D eigenvalue weighted by atomic mass is 35.5. The van der Waals surface area contributed by atoms with Crippen LogP contribution in [0.4, 0.5) is 11.8 Å². The summed E-state index contributed by atoms with van der Waals surface area (Å²) in [5.41, 5.74) is 1.35. The first kappa shape index (κ1) is 25.7. The summed E-state index contributed by atoms with van der Waals surface area (Å²) in [4.78, 5) is 11.8. The fraction of sp³-hybridized carbons (Fsp3) is 0.414. The number of benzene rings is 2. The summed E-state index contributed by atoms with van der Waals surface area (Å²) in [5.74, 6) is 3.14. The van der Waals surface area contributed by atoms with Crippen molar-refractivity contribution in [2.45, 2.75) is 50.9 Å². The Morgan fingerprint density at radius 3 is 2.57 bits per heavy atom. The lowest BCUT2D eigenvalue weighted by atomic mass is 9.79. The van der Waals surface area contributed by atoms with E-state index < -0.39 is 0 Å². The van der Waals surface area contributed by atoms with Gasteiger partial charge in [-0.25, -0.2) is 0 Å². The highest BCUT2D eigenvalue weighted by molar-refractivity contribution is 7.80. The van der Waals surface area contributed by atoms with E-state index in [4.69, 9.17) is 33.5 Å². The van der Waals surface area contributed by atoms with Crippen molar-refractivity contribution < 1.29 is 4.74 Å². The molecule has 37 heavy (non-hydrogen) atoms. The Labute approximate surface area is 229 Å². The number of nitrogens with one attached hydrogen (secondary N) is 2. The number of nitrogens with zero attached hydrogens (tertiary/aromatic N) is 3. The predicted octanol–water partition coefficient (Wildman–Crippen LogP) is 6.96. The van der Waals surface area contributed by atoms with E-state index in [1.807, 2.05) is 48.5 Å². The van der Waals surface area contributed by atoms with Gasteiger partial charge in [-0.1, -0.05) is 61.7 Å². The number of anilines is 2. The molecule has 2 N–H and O–H groups in total. The Balaban J connectivity index is 1.32. The molecule has 1 atom stereocenters. The number of thiocarbonyl (C=S) groups is 1. The van der Waals surface area contributed by atoms with Gasteiger partial charge in [-0.15, -0.1) is 0 Å². The van der Waals surface area contributed by atoms with Gasteiger partial charge in [-0.2, -0.15) is 9.97 Å². The molecule has 0 bridgehead atoms. The Morgan fingerprint density at radius 1 is 1.08 bits per heavy atom. The molecule has 194 valence electrons. The van der Waals surface area contributed by atoms with Crippen LogP contribution in [0.15, 0.2) is 60.7 Å². The van der Waals surface area contributed by atoms with Crippen LogP contribution in [0.25, 0.3) is 0 Å². The fourth-order valence-corrected chi connectivity index (χ4v) is 5.80. The van der Waals surface area contributed by atoms with Crippen molar-refractivity contribution in [2.24, 2.45) is 5.92 Å². The first-order valence-corrected chi connectivity index (χ1v) is 14.0. The molecule has 5 rings (SSSR count). The van der Waals surface area contributed by atoms with Gasteiger partial charge in [-0.05, 0) is 73.6 Å². The van der Waals surface area contributed by atoms with Crippen molar-refractivity contribution in [1.29, 1.82) is 0 Å². The van der Waals surface area contributed by atoms with Crippen LogP contribution < -0.4 is 20.3 Å². The second-order valence-electron chi connectivity index (χ2n) is 10.3. The normalized spacial score (nSPS) is 18.9. The maximum atomic E-state index is 6.15. The zero-order chi connectivity index (χ0) is 25.7. The first-order chi connectivity index (χ1) is 18.0. The lowest BCUT2D eigenvalue weighted by Gasteiger charge is -2.32. The van der Waals surface area contributed by atoms with Crippen molar-refractivity contribution in [3.63, 3.8) is 0 Å². The number of piperidine rings is 1. The monoisotopic (exact) mass is 535 g/mol. The Kier molecular flexibility index (Phi) is 8.11. The lowest BCUT2D eigenvalue weighted by Crippen LogP contribution is -2.41. The number of hydrogen-bond acceptors (Lipinski definition) is 5. The average molecular weight is 536 g/mol. The molecule has 1 aliphatic heterocycles. The first-order valence-electron chi connectivity index (χ1n) is 13.2. The van der Waals surface area contributed by atoms with Gasteiger partial charge in [-0.3, -0.25) is 0 Å². The lowest BCUT2D eigenvalue weighted by molar-refractivity contribution is 0.435. The maximum Gasteiger partial charge on any atom is 0.234 e. The van der Waals surface area contributed by atoms with Gasteiger partial charge in [0.25, 0.3) is 0 Å². The molecular weight excluding hydrogens is 502 g/mol. The number of aromatic nitrogens is 2. The quantitative estimate of drug-likeness (QED) is 0.317. The van der Waals surface area contributed by atoms with Crippen LogP contribution in [-0.2, 0) is 5.41 Å². The van der Waals surface area contributed by atoms with E-state index in [2.05, 4.69) is 39.6 Å². The van der Waals surface area contributed by atoms with Gasteiger partial charge in [0.05, 0.1) is 0 Å². The minimum Gasteiger partial charge on any atom is -0.439 e. The van der Waals surface area contributed by atoms with Crippen molar-refractivity contribution in [1.82, 2.24) is 15.3 Å². The Morgan fingerprint density at radius 2 is 1.84 bits per heavy atom. The van der Waals surface area contributed by atoms with Crippen LogP contribution >= 0.6 is 23.8 Å². The molecule has 0 spiro atoms. The van der Waals surface area contributed by atoms with Crippen LogP contribution in [0.5, 0.6) is 11.6 Å². The second kappa shape index (κ2) is 11.7. The molecule has 1 unspecified atom stereocenters. The summed E-state index contributed by atoms with van der Waals surface area (Å²) < 4.78 is 6.09. The van der Waals surface area contributed by atoms with Crippen LogP contribution in [0.3, 0.4) is 0 Å². The summed E-state index contributed by atoms with van der Waals surface area (Å²) >= 11 is 11.9. The smallest absolute Gasteiger partial charge is 0.234 e. The van der Waals surface area contributed by atoms with E-state index in [0.29, 0.717) is 22.9 Å². The molecule has 1 aromatic heterocycles. The molecule has 2 aliphatic rings. The molecule has 8 heteroatoms. The van der Waals surface area contributed by atoms with Gasteiger partial charge in [0.15, 0.2) is 5.11 Å². The van der Waals surface area contributed by atoms with E-state index >= 15 is 0 Å². The zero-order valence-corrected chi connectivity index (χ0v) is 22.8. The van der Waals surface area contributed by atoms with Gasteiger partial charge < -0.3 is 20.3 Å². The Hall–Kier alpha value is -2.90. The molecule has 1 saturated carbocycles. The SMILES string of the molecule is CC1CCCN(c2cc(Oc3ccccc3)nc(NC(=S)NCC3(c4ccc(Cl)cc4)CCCC3)n2)C1. The molecular formula is C29H34ClN5OS. The molecule has 1 aliphatic carbocycles. The summed E-state index contributed by atoms with van der Waals surface area (Å²) in [6.07, 6.45) is 7.06. The number of ether oxygens (including phenoxy) is 1. The van der Waals surface area contributed by atoms with Crippen molar-refractivity contribution in [3.05, 3.63) is 71.2 Å². The van der Waals surface area contributed by atoms with Crippen LogP contribution in [0, 0.1) is 5.92 Å². The number of halogens is 1. The highest BCUT2D eigenvalue weighted by Gasteiger charge is 2.35. The summed E-state index contributed by atoms with van der Waals surface area (Å²) in [7, 11) is 0. The van der Waals surface area contributed by atoms with Crippen molar-refractivity contribution >= 4 is 40.7 Å². The highest BCUT2D eigenvalue weighted by Crippen LogP contribution is 2.41. The number of para-hydroxylation sites is 1. The molecule has 2 heterocycles. The van der Waals surface area contributed by atoms with Gasteiger partial charge in [0.2, 0.25) is 11.8 Å². The second-order valence-corrected chi connectivity index (χ2v) is 11.1. The van der Waals surface area contributed by atoms with E-state index in [1.165, 1.54) is 24.8 Å². The molecule has 1 saturated heterocycles. The largest absolute Gasteiger partial charge is 0.439 e. The minimum absolute atomic E-state index is 0.0462. The standard InChI is InChI=1S/C29H34ClN5OS/c1-21-8-7-17-35(19-21)25-18-26(36-24-9-3-2-4-10-24)33-27(32-25)34-28(37)31-20-29(15-5-6-16-29)22-11-13-23(30)14-12-22/h2-4,9-14,18,21H,5-8,15-17,19-20H2,1H3,(H2,31,32,33,34,37). The average Bonchev–Trinajstić information content (AvgIpc) is 3.39. The van der Waals surface area contributed by atoms with Gasteiger partial charge in [0.1, 0.15) is 11.6 Å².